The van der Waals surface area contributed by atoms with E-state index in [1.807, 2.05) is 18.9 Å². The van der Waals surface area contributed by atoms with Crippen LogP contribution in [-0.2, 0) is 19.0 Å². The molecule has 11 heteroatoms. The van der Waals surface area contributed by atoms with Crippen molar-refractivity contribution in [3.05, 3.63) is 51.1 Å². The fourth-order valence-electron chi connectivity index (χ4n) is 2.28. The highest BCUT2D eigenvalue weighted by Gasteiger charge is 2.36. The van der Waals surface area contributed by atoms with Crippen LogP contribution < -0.4 is 4.74 Å². The van der Waals surface area contributed by atoms with Crippen molar-refractivity contribution in [1.29, 1.82) is 0 Å². The van der Waals surface area contributed by atoms with Gasteiger partial charge in [-0.15, -0.1) is 0 Å². The summed E-state index contributed by atoms with van der Waals surface area (Å²) < 4.78 is 83.6. The number of aliphatic imine (C=N–C) groups is 1. The zero-order chi connectivity index (χ0) is 22.7. The van der Waals surface area contributed by atoms with Crippen LogP contribution >= 0.6 is 15.9 Å². The van der Waals surface area contributed by atoms with Crippen LogP contribution in [0.25, 0.3) is 0 Å². The van der Waals surface area contributed by atoms with E-state index in [2.05, 4.69) is 25.9 Å². The van der Waals surface area contributed by atoms with Gasteiger partial charge in [-0.3, -0.25) is 0 Å². The van der Waals surface area contributed by atoms with E-state index in [0.29, 0.717) is 28.0 Å². The number of aromatic nitrogens is 1. The molecule has 0 spiro atoms. The Morgan fingerprint density at radius 2 is 1.63 bits per heavy atom. The Labute approximate surface area is 177 Å². The highest BCUT2D eigenvalue weighted by Crippen LogP contribution is 2.37. The van der Waals surface area contributed by atoms with Crippen LogP contribution in [0.15, 0.2) is 33.7 Å². The largest absolute Gasteiger partial charge is 0.472 e. The Kier molecular flexibility index (Phi) is 7.38. The maximum Gasteiger partial charge on any atom is 0.416 e. The van der Waals surface area contributed by atoms with Crippen LogP contribution in [0.1, 0.15) is 29.3 Å². The van der Waals surface area contributed by atoms with Crippen molar-refractivity contribution in [3.8, 4) is 5.88 Å². The standard InChI is InChI=1S/C19H18BrF6N3O/c1-4-29(3)10-27-16-8-15(20)17(28-11(16)2)30-9-12-5-13(18(21,22)23)7-14(6-12)19(24,25)26/h5-8,10H,4,9H2,1-3H3. The number of hydrogen-bond donors (Lipinski definition) is 0. The predicted octanol–water partition coefficient (Wildman–Crippen LogP) is 6.38. The minimum absolute atomic E-state index is 0.0290. The number of rotatable bonds is 6. The third-order valence-electron chi connectivity index (χ3n) is 4.02. The number of halogens is 7. The summed E-state index contributed by atoms with van der Waals surface area (Å²) >= 11 is 3.24. The van der Waals surface area contributed by atoms with Gasteiger partial charge in [0.2, 0.25) is 5.88 Å². The first-order valence-electron chi connectivity index (χ1n) is 8.64. The van der Waals surface area contributed by atoms with Gasteiger partial charge in [0.15, 0.2) is 0 Å². The second-order valence-electron chi connectivity index (χ2n) is 6.40. The molecule has 0 aliphatic rings. The van der Waals surface area contributed by atoms with Gasteiger partial charge in [-0.2, -0.15) is 26.3 Å². The number of benzene rings is 1. The van der Waals surface area contributed by atoms with Gasteiger partial charge in [-0.25, -0.2) is 9.98 Å². The number of alkyl halides is 6. The first-order valence-corrected chi connectivity index (χ1v) is 9.43. The first-order chi connectivity index (χ1) is 13.8. The van der Waals surface area contributed by atoms with Crippen molar-refractivity contribution >= 4 is 28.0 Å². The number of aryl methyl sites for hydroxylation is 1. The summed E-state index contributed by atoms with van der Waals surface area (Å²) in [5, 5.41) is 0. The Bertz CT molecular complexity index is 895. The fraction of sp³-hybridized carbons (Fsp3) is 0.368. The zero-order valence-electron chi connectivity index (χ0n) is 16.2. The van der Waals surface area contributed by atoms with Crippen LogP contribution in [0.5, 0.6) is 5.88 Å². The maximum atomic E-state index is 13.0. The van der Waals surface area contributed by atoms with Gasteiger partial charge >= 0.3 is 12.4 Å². The molecule has 1 aromatic heterocycles. The van der Waals surface area contributed by atoms with Crippen molar-refractivity contribution in [2.45, 2.75) is 32.8 Å². The van der Waals surface area contributed by atoms with E-state index in [1.165, 1.54) is 0 Å². The molecule has 4 nitrogen and oxygen atoms in total. The van der Waals surface area contributed by atoms with E-state index in [1.54, 1.807) is 19.3 Å². The summed E-state index contributed by atoms with van der Waals surface area (Å²) in [6.45, 7) is 3.82. The lowest BCUT2D eigenvalue weighted by Crippen LogP contribution is -2.14. The van der Waals surface area contributed by atoms with Crippen LogP contribution in [0, 0.1) is 6.92 Å². The van der Waals surface area contributed by atoms with Crippen molar-refractivity contribution in [1.82, 2.24) is 9.88 Å². The molecular weight excluding hydrogens is 480 g/mol. The molecule has 0 radical (unpaired) electrons. The van der Waals surface area contributed by atoms with Gasteiger partial charge in [-0.1, -0.05) is 0 Å². The highest BCUT2D eigenvalue weighted by atomic mass is 79.9. The Balaban J connectivity index is 2.28. The van der Waals surface area contributed by atoms with Crippen molar-refractivity contribution in [3.63, 3.8) is 0 Å². The van der Waals surface area contributed by atoms with Gasteiger partial charge < -0.3 is 9.64 Å². The SMILES string of the molecule is CCN(C)C=Nc1cc(Br)c(OCc2cc(C(F)(F)F)cc(C(F)(F)F)c2)nc1C. The molecule has 1 heterocycles. The molecule has 30 heavy (non-hydrogen) atoms. The van der Waals surface area contributed by atoms with Crippen molar-refractivity contribution in [2.75, 3.05) is 13.6 Å². The van der Waals surface area contributed by atoms with Gasteiger partial charge in [0.05, 0.1) is 33.3 Å². The minimum Gasteiger partial charge on any atom is -0.472 e. The molecule has 0 N–H and O–H groups in total. The maximum absolute atomic E-state index is 13.0. The molecule has 164 valence electrons. The molecule has 0 fully saturated rings. The van der Waals surface area contributed by atoms with E-state index >= 15 is 0 Å². The second kappa shape index (κ2) is 9.23. The Morgan fingerprint density at radius 3 is 2.13 bits per heavy atom. The third-order valence-corrected chi connectivity index (χ3v) is 4.59. The average Bonchev–Trinajstić information content (AvgIpc) is 2.65. The lowest BCUT2D eigenvalue weighted by Gasteiger charge is -2.15. The normalized spacial score (nSPS) is 12.5. The Hall–Kier alpha value is -2.30. The summed E-state index contributed by atoms with van der Waals surface area (Å²) in [6, 6.07) is 2.91. The fourth-order valence-corrected chi connectivity index (χ4v) is 2.70. The molecule has 0 aliphatic heterocycles. The summed E-state index contributed by atoms with van der Waals surface area (Å²) in [4.78, 5) is 10.3. The van der Waals surface area contributed by atoms with Gasteiger partial charge in [-0.05, 0) is 59.6 Å². The summed E-state index contributed by atoms with van der Waals surface area (Å²) in [7, 11) is 1.84. The number of pyridine rings is 1. The molecule has 0 amide bonds. The topological polar surface area (TPSA) is 37.7 Å². The minimum atomic E-state index is -4.92. The molecule has 0 saturated carbocycles. The number of ether oxygens (including phenoxy) is 1. The molecule has 0 aliphatic carbocycles. The number of hydrogen-bond acceptors (Lipinski definition) is 3. The molecule has 0 atom stereocenters. The smallest absolute Gasteiger partial charge is 0.416 e. The van der Waals surface area contributed by atoms with Crippen LogP contribution in [0.2, 0.25) is 0 Å². The lowest BCUT2D eigenvalue weighted by atomic mass is 10.1. The van der Waals surface area contributed by atoms with E-state index < -0.39 is 30.1 Å². The molecular formula is C19H18BrF6N3O. The summed E-state index contributed by atoms with van der Waals surface area (Å²) in [5.74, 6) is 0.0290. The molecule has 1 aromatic carbocycles. The van der Waals surface area contributed by atoms with E-state index in [0.717, 1.165) is 6.54 Å². The number of nitrogens with zero attached hydrogens (tertiary/aromatic N) is 3. The van der Waals surface area contributed by atoms with Crippen LogP contribution in [-0.4, -0.2) is 29.8 Å². The van der Waals surface area contributed by atoms with E-state index in [-0.39, 0.29) is 17.5 Å². The van der Waals surface area contributed by atoms with E-state index in [9.17, 15) is 26.3 Å². The monoisotopic (exact) mass is 497 g/mol. The molecule has 2 rings (SSSR count). The Morgan fingerprint density at radius 1 is 1.07 bits per heavy atom. The van der Waals surface area contributed by atoms with Crippen LogP contribution in [0.3, 0.4) is 0 Å². The predicted molar refractivity (Wildman–Crippen MR) is 104 cm³/mol. The van der Waals surface area contributed by atoms with E-state index in [4.69, 9.17) is 4.74 Å². The third kappa shape index (κ3) is 6.35. The van der Waals surface area contributed by atoms with Crippen LogP contribution in [0.4, 0.5) is 32.0 Å². The summed E-state index contributed by atoms with van der Waals surface area (Å²) in [6.07, 6.45) is -8.23. The second-order valence-corrected chi connectivity index (χ2v) is 7.25. The average molecular weight is 498 g/mol. The van der Waals surface area contributed by atoms with Gasteiger partial charge in [0.1, 0.15) is 6.61 Å². The summed E-state index contributed by atoms with van der Waals surface area (Å²) in [5.41, 5.74) is -2.06. The quantitative estimate of drug-likeness (QED) is 0.264. The highest BCUT2D eigenvalue weighted by molar-refractivity contribution is 9.10. The van der Waals surface area contributed by atoms with Crippen molar-refractivity contribution in [2.24, 2.45) is 4.99 Å². The lowest BCUT2D eigenvalue weighted by molar-refractivity contribution is -0.143. The van der Waals surface area contributed by atoms with Gasteiger partial charge in [0.25, 0.3) is 0 Å². The molecule has 0 saturated heterocycles. The van der Waals surface area contributed by atoms with Crippen molar-refractivity contribution < 1.29 is 31.1 Å². The molecule has 2 aromatic rings. The van der Waals surface area contributed by atoms with Gasteiger partial charge in [0, 0.05) is 13.6 Å². The molecule has 0 unspecified atom stereocenters. The first kappa shape index (κ1) is 24.0. The zero-order valence-corrected chi connectivity index (χ0v) is 17.8. The molecule has 0 bridgehead atoms.